The van der Waals surface area contributed by atoms with E-state index in [0.29, 0.717) is 0 Å². The molecule has 0 amide bonds. The van der Waals surface area contributed by atoms with Crippen molar-refractivity contribution in [2.24, 2.45) is 0 Å². The minimum absolute atomic E-state index is 0.323. The van der Waals surface area contributed by atoms with Crippen molar-refractivity contribution >= 4 is 165 Å². The Balaban J connectivity index is 0.756. The van der Waals surface area contributed by atoms with E-state index >= 15 is 0 Å². The van der Waals surface area contributed by atoms with Crippen LogP contribution in [0.25, 0.3) is 203 Å². The molecule has 4 heteroatoms. The zero-order valence-electron chi connectivity index (χ0n) is 68.8. The van der Waals surface area contributed by atoms with Gasteiger partial charge in [-0.2, -0.15) is 0 Å². The third-order valence-electron chi connectivity index (χ3n) is 27.2. The third kappa shape index (κ3) is 11.7. The van der Waals surface area contributed by atoms with E-state index in [-0.39, 0.29) is 6.71 Å². The summed E-state index contributed by atoms with van der Waals surface area (Å²) in [6, 6.07) is 175. The summed E-state index contributed by atoms with van der Waals surface area (Å²) >= 11 is 0. The Hall–Kier alpha value is -16.4. The highest BCUT2D eigenvalue weighted by Crippen LogP contribution is 2.51. The van der Waals surface area contributed by atoms with Crippen molar-refractivity contribution in [2.45, 2.75) is 0 Å². The standard InChI is InChI=1S/C122H76BN3/c1-5-25-83-61-95(45-41-77(83)21-1)108-67-89-31-11-9-29-87(89)65-106(108)81-49-55-101(56-50-81)124-118-59-53-99(112-71-93-35-15-13-33-91(93)69-110(112)97-47-43-79-23-3-7-27-85(79)63-97)73-114(118)123-115-74-100(113-72-94-36-16-14-34-92(94)70-111(113)98-48-44-80-24-4-8-28-86(80)64-98)54-60-119(115)125(121-76-103(75-120(124)122(121)123)126-116-39-19-17-37-104(116)105-38-18-20-40-117(105)126)102-57-51-82(52-58-102)107-66-88-30-10-12-32-90(88)68-109(107)96-46-42-78-22-2-6-26-84(78)62-96/h1-76H. The van der Waals surface area contributed by atoms with E-state index in [2.05, 4.69) is 475 Å². The highest BCUT2D eigenvalue weighted by Gasteiger charge is 2.45. The van der Waals surface area contributed by atoms with Crippen LogP contribution < -0.4 is 26.2 Å². The van der Waals surface area contributed by atoms with Crippen LogP contribution in [-0.4, -0.2) is 11.3 Å². The van der Waals surface area contributed by atoms with Gasteiger partial charge in [0.1, 0.15) is 0 Å². The third-order valence-corrected chi connectivity index (χ3v) is 27.2. The Morgan fingerprint density at radius 2 is 0.373 bits per heavy atom. The van der Waals surface area contributed by atoms with Gasteiger partial charge in [-0.05, 0) is 325 Å². The van der Waals surface area contributed by atoms with Crippen molar-refractivity contribution in [1.29, 1.82) is 0 Å². The molecule has 23 aromatic carbocycles. The Kier molecular flexibility index (Phi) is 16.2. The first-order valence-electron chi connectivity index (χ1n) is 43.7. The number of rotatable bonds is 11. The quantitative estimate of drug-likeness (QED) is 0.120. The average molecular weight is 1590 g/mol. The molecule has 2 aliphatic heterocycles. The zero-order chi connectivity index (χ0) is 82.6. The summed E-state index contributed by atoms with van der Waals surface area (Å²) in [4.78, 5) is 5.24. The van der Waals surface area contributed by atoms with Crippen LogP contribution in [0.3, 0.4) is 0 Å². The first-order chi connectivity index (χ1) is 62.4. The van der Waals surface area contributed by atoms with Gasteiger partial charge in [0.25, 0.3) is 6.71 Å². The molecule has 0 saturated heterocycles. The second kappa shape index (κ2) is 28.6. The molecule has 0 bridgehead atoms. The number of aromatic nitrogens is 1. The van der Waals surface area contributed by atoms with E-state index in [4.69, 9.17) is 0 Å². The number of para-hydroxylation sites is 2. The van der Waals surface area contributed by atoms with Gasteiger partial charge in [-0.25, -0.2) is 0 Å². The smallest absolute Gasteiger partial charge is 0.252 e. The van der Waals surface area contributed by atoms with Crippen LogP contribution in [0.1, 0.15) is 0 Å². The van der Waals surface area contributed by atoms with E-state index < -0.39 is 0 Å². The van der Waals surface area contributed by atoms with E-state index in [1.54, 1.807) is 0 Å². The van der Waals surface area contributed by atoms with Crippen molar-refractivity contribution in [3.05, 3.63) is 461 Å². The van der Waals surface area contributed by atoms with Gasteiger partial charge in [0.15, 0.2) is 0 Å². The number of hydrogen-bond acceptors (Lipinski definition) is 2. The van der Waals surface area contributed by atoms with Crippen molar-refractivity contribution in [2.75, 3.05) is 9.80 Å². The largest absolute Gasteiger partial charge is 0.311 e. The van der Waals surface area contributed by atoms with Gasteiger partial charge in [0.2, 0.25) is 0 Å². The van der Waals surface area contributed by atoms with Crippen LogP contribution in [0.5, 0.6) is 0 Å². The molecule has 0 fully saturated rings. The van der Waals surface area contributed by atoms with E-state index in [1.807, 2.05) is 0 Å². The van der Waals surface area contributed by atoms with Crippen LogP contribution in [0.4, 0.5) is 34.1 Å². The number of anilines is 6. The van der Waals surface area contributed by atoms with Gasteiger partial charge in [-0.15, -0.1) is 0 Å². The molecule has 0 unspecified atom stereocenters. The summed E-state index contributed by atoms with van der Waals surface area (Å²) in [5, 5.41) is 21.7. The summed E-state index contributed by atoms with van der Waals surface area (Å²) in [6.45, 7) is -0.323. The summed E-state index contributed by atoms with van der Waals surface area (Å²) in [7, 11) is 0. The monoisotopic (exact) mass is 1590 g/mol. The van der Waals surface area contributed by atoms with E-state index in [9.17, 15) is 0 Å². The highest BCUT2D eigenvalue weighted by molar-refractivity contribution is 7.00. The van der Waals surface area contributed by atoms with Gasteiger partial charge < -0.3 is 14.4 Å². The van der Waals surface area contributed by atoms with Gasteiger partial charge >= 0.3 is 0 Å². The van der Waals surface area contributed by atoms with Crippen molar-refractivity contribution < 1.29 is 0 Å². The summed E-state index contributed by atoms with van der Waals surface area (Å²) in [5.41, 5.74) is 32.2. The fourth-order valence-corrected chi connectivity index (χ4v) is 21.1. The lowest BCUT2D eigenvalue weighted by Crippen LogP contribution is -2.61. The molecule has 3 nitrogen and oxygen atoms in total. The summed E-state index contributed by atoms with van der Waals surface area (Å²) in [6.07, 6.45) is 0. The Bertz CT molecular complexity index is 8190. The minimum atomic E-state index is -0.323. The Morgan fingerprint density at radius 1 is 0.151 bits per heavy atom. The number of benzene rings is 23. The summed E-state index contributed by atoms with van der Waals surface area (Å²) < 4.78 is 2.53. The molecule has 126 heavy (non-hydrogen) atoms. The molecule has 0 saturated carbocycles. The molecule has 0 atom stereocenters. The van der Waals surface area contributed by atoms with E-state index in [1.165, 1.54) is 180 Å². The van der Waals surface area contributed by atoms with Gasteiger partial charge in [0, 0.05) is 44.9 Å². The maximum Gasteiger partial charge on any atom is 0.252 e. The average Bonchev–Trinajstić information content (AvgIpc) is 0.875. The first-order valence-corrected chi connectivity index (χ1v) is 43.7. The SMILES string of the molecule is c1ccc2cc(-c3cc4ccccc4cc3-c3ccc(N4c5ccc(-c6cc7ccccc7cc6-c6ccc7ccccc7c6)cc5B5c6cc(-c7cc8ccccc8cc7-c7ccc8ccccc8c7)ccc6N(c6ccc(-c7cc8ccccc8cc7-c7ccc8ccccc8c7)cc6)c6cc(-n7c8ccccc8c8ccccc87)cc4c65)cc3)ccc2c1. The van der Waals surface area contributed by atoms with E-state index in [0.717, 1.165) is 73.1 Å². The molecule has 0 aliphatic carbocycles. The topological polar surface area (TPSA) is 11.4 Å². The fourth-order valence-electron chi connectivity index (χ4n) is 21.1. The fraction of sp³-hybridized carbons (Fsp3) is 0. The minimum Gasteiger partial charge on any atom is -0.311 e. The predicted octanol–water partition coefficient (Wildman–Crippen LogP) is 31.4. The van der Waals surface area contributed by atoms with Gasteiger partial charge in [-0.3, -0.25) is 0 Å². The molecule has 0 radical (unpaired) electrons. The summed E-state index contributed by atoms with van der Waals surface area (Å²) in [5.74, 6) is 0. The number of nitrogens with zero attached hydrogens (tertiary/aromatic N) is 3. The molecular weight excluding hydrogens is 1520 g/mol. The number of hydrogen-bond donors (Lipinski definition) is 0. The van der Waals surface area contributed by atoms with Crippen LogP contribution in [0, 0.1) is 0 Å². The predicted molar refractivity (Wildman–Crippen MR) is 538 cm³/mol. The maximum atomic E-state index is 2.62. The molecule has 24 aromatic rings. The molecule has 3 heterocycles. The second-order valence-corrected chi connectivity index (χ2v) is 34.2. The molecular formula is C122H76BN3. The van der Waals surface area contributed by atoms with Gasteiger partial charge in [0.05, 0.1) is 16.7 Å². The van der Waals surface area contributed by atoms with Crippen molar-refractivity contribution in [3.63, 3.8) is 0 Å². The Labute approximate surface area is 730 Å². The molecule has 0 spiro atoms. The zero-order valence-corrected chi connectivity index (χ0v) is 68.8. The number of fused-ring (bicyclic) bond motifs is 15. The van der Waals surface area contributed by atoms with Crippen LogP contribution >= 0.6 is 0 Å². The van der Waals surface area contributed by atoms with Crippen LogP contribution in [-0.2, 0) is 0 Å². The molecule has 0 N–H and O–H groups in total. The molecule has 26 rings (SSSR count). The van der Waals surface area contributed by atoms with Crippen molar-refractivity contribution in [1.82, 2.24) is 4.57 Å². The lowest BCUT2D eigenvalue weighted by atomic mass is 9.33. The lowest BCUT2D eigenvalue weighted by Gasteiger charge is -2.45. The first kappa shape index (κ1) is 71.4. The maximum absolute atomic E-state index is 2.62. The van der Waals surface area contributed by atoms with Gasteiger partial charge in [-0.1, -0.05) is 328 Å². The lowest BCUT2D eigenvalue weighted by molar-refractivity contribution is 1.16. The van der Waals surface area contributed by atoms with Crippen LogP contribution in [0.2, 0.25) is 0 Å². The molecule has 582 valence electrons. The van der Waals surface area contributed by atoms with Crippen molar-refractivity contribution in [3.8, 4) is 94.7 Å². The molecule has 1 aromatic heterocycles. The normalized spacial score (nSPS) is 12.4. The molecule has 2 aliphatic rings. The Morgan fingerprint density at radius 3 is 0.659 bits per heavy atom. The highest BCUT2D eigenvalue weighted by atomic mass is 15.2. The second-order valence-electron chi connectivity index (χ2n) is 34.2. The van der Waals surface area contributed by atoms with Crippen LogP contribution in [0.15, 0.2) is 461 Å².